The Labute approximate surface area is 109 Å². The third-order valence-electron chi connectivity index (χ3n) is 2.94. The van der Waals surface area contributed by atoms with Crippen molar-refractivity contribution in [2.75, 3.05) is 24.5 Å². The summed E-state index contributed by atoms with van der Waals surface area (Å²) in [5.41, 5.74) is 0. The van der Waals surface area contributed by atoms with Crippen LogP contribution in [0.5, 0.6) is 0 Å². The number of amides is 1. The van der Waals surface area contributed by atoms with Crippen LogP contribution < -0.4 is 4.90 Å². The van der Waals surface area contributed by atoms with E-state index < -0.39 is 0 Å². The largest absolute Gasteiger partial charge is 0.339 e. The van der Waals surface area contributed by atoms with E-state index in [0.717, 1.165) is 30.1 Å². The molecule has 1 saturated heterocycles. The molecule has 1 fully saturated rings. The van der Waals surface area contributed by atoms with E-state index in [4.69, 9.17) is 0 Å². The first-order valence-electron chi connectivity index (χ1n) is 5.57. The molecule has 5 nitrogen and oxygen atoms in total. The van der Waals surface area contributed by atoms with E-state index in [1.54, 1.807) is 19.3 Å². The molecule has 1 aromatic rings. The lowest BCUT2D eigenvalue weighted by molar-refractivity contribution is -0.129. The number of hydrogen-bond donors (Lipinski definition) is 0. The van der Waals surface area contributed by atoms with Gasteiger partial charge in [-0.05, 0) is 22.9 Å². The third kappa shape index (κ3) is 2.74. The molecule has 1 amide bonds. The Morgan fingerprint density at radius 3 is 2.59 bits per heavy atom. The van der Waals surface area contributed by atoms with Crippen molar-refractivity contribution in [2.24, 2.45) is 0 Å². The van der Waals surface area contributed by atoms with Gasteiger partial charge in [0.15, 0.2) is 0 Å². The van der Waals surface area contributed by atoms with Gasteiger partial charge in [0.1, 0.15) is 0 Å². The highest BCUT2D eigenvalue weighted by atomic mass is 79.9. The molecule has 0 aliphatic carbocycles. The van der Waals surface area contributed by atoms with Crippen molar-refractivity contribution in [3.63, 3.8) is 0 Å². The molecular formula is C11H15BrN4O. The molecule has 2 rings (SSSR count). The van der Waals surface area contributed by atoms with Gasteiger partial charge >= 0.3 is 0 Å². The molecule has 1 aliphatic heterocycles. The van der Waals surface area contributed by atoms with Gasteiger partial charge in [0.05, 0.1) is 4.47 Å². The Kier molecular flexibility index (Phi) is 3.61. The zero-order chi connectivity index (χ0) is 12.4. The van der Waals surface area contributed by atoms with Gasteiger partial charge < -0.3 is 9.80 Å². The van der Waals surface area contributed by atoms with Crippen LogP contribution in [0.1, 0.15) is 13.8 Å². The molecule has 0 bridgehead atoms. The number of piperazine rings is 1. The highest BCUT2D eigenvalue weighted by Crippen LogP contribution is 2.17. The van der Waals surface area contributed by atoms with E-state index in [1.807, 2.05) is 4.90 Å². The Morgan fingerprint density at radius 2 is 2.06 bits per heavy atom. The number of carbonyl (C=O) groups is 1. The van der Waals surface area contributed by atoms with Crippen LogP contribution in [-0.2, 0) is 4.79 Å². The number of carbonyl (C=O) groups excluding carboxylic acids is 1. The second-order valence-corrected chi connectivity index (χ2v) is 5.12. The van der Waals surface area contributed by atoms with E-state index in [1.165, 1.54) is 0 Å². The van der Waals surface area contributed by atoms with Crippen molar-refractivity contribution in [1.82, 2.24) is 14.9 Å². The molecule has 0 saturated carbocycles. The second kappa shape index (κ2) is 5.00. The summed E-state index contributed by atoms with van der Waals surface area (Å²) in [5.74, 6) is 0.858. The van der Waals surface area contributed by atoms with E-state index in [9.17, 15) is 4.79 Å². The fourth-order valence-electron chi connectivity index (χ4n) is 1.99. The Balaban J connectivity index is 2.09. The summed E-state index contributed by atoms with van der Waals surface area (Å²) >= 11 is 3.32. The lowest BCUT2D eigenvalue weighted by Crippen LogP contribution is -2.53. The van der Waals surface area contributed by atoms with Gasteiger partial charge in [-0.3, -0.25) is 4.79 Å². The molecule has 0 unspecified atom stereocenters. The zero-order valence-corrected chi connectivity index (χ0v) is 11.5. The van der Waals surface area contributed by atoms with Gasteiger partial charge in [0, 0.05) is 45.0 Å². The summed E-state index contributed by atoms with van der Waals surface area (Å²) in [6.07, 6.45) is 3.48. The molecule has 1 aromatic heterocycles. The Bertz CT molecular complexity index is 408. The van der Waals surface area contributed by atoms with Gasteiger partial charge in [-0.2, -0.15) is 0 Å². The molecular weight excluding hydrogens is 284 g/mol. The average Bonchev–Trinajstić information content (AvgIpc) is 2.30. The summed E-state index contributed by atoms with van der Waals surface area (Å²) in [6, 6.07) is 0.244. The molecule has 6 heteroatoms. The van der Waals surface area contributed by atoms with Gasteiger partial charge in [-0.15, -0.1) is 0 Å². The van der Waals surface area contributed by atoms with Crippen LogP contribution in [0.15, 0.2) is 16.9 Å². The summed E-state index contributed by atoms with van der Waals surface area (Å²) in [5, 5.41) is 0. The molecule has 0 aromatic carbocycles. The average molecular weight is 299 g/mol. The van der Waals surface area contributed by atoms with Gasteiger partial charge in [0.2, 0.25) is 11.9 Å². The molecule has 92 valence electrons. The van der Waals surface area contributed by atoms with Crippen LogP contribution in [0.4, 0.5) is 5.95 Å². The minimum Gasteiger partial charge on any atom is -0.339 e. The topological polar surface area (TPSA) is 49.3 Å². The molecule has 0 N–H and O–H groups in total. The minimum absolute atomic E-state index is 0.133. The van der Waals surface area contributed by atoms with Gasteiger partial charge in [0.25, 0.3) is 0 Å². The van der Waals surface area contributed by atoms with Crippen LogP contribution in [-0.4, -0.2) is 46.5 Å². The van der Waals surface area contributed by atoms with Crippen molar-refractivity contribution < 1.29 is 4.79 Å². The number of nitrogens with zero attached hydrogens (tertiary/aromatic N) is 4. The molecule has 0 spiro atoms. The van der Waals surface area contributed by atoms with E-state index in [2.05, 4.69) is 37.7 Å². The van der Waals surface area contributed by atoms with Crippen molar-refractivity contribution in [1.29, 1.82) is 0 Å². The van der Waals surface area contributed by atoms with Crippen LogP contribution in [0.25, 0.3) is 0 Å². The fourth-order valence-corrected chi connectivity index (χ4v) is 2.20. The number of hydrogen-bond acceptors (Lipinski definition) is 4. The SMILES string of the molecule is CC(=O)N1CCN(c2ncc(Br)cn2)[C@H](C)C1. The molecule has 0 radical (unpaired) electrons. The van der Waals surface area contributed by atoms with Crippen LogP contribution in [0.3, 0.4) is 0 Å². The normalized spacial score (nSPS) is 20.5. The maximum absolute atomic E-state index is 11.3. The third-order valence-corrected chi connectivity index (χ3v) is 3.35. The van der Waals surface area contributed by atoms with Crippen molar-refractivity contribution in [3.05, 3.63) is 16.9 Å². The lowest BCUT2D eigenvalue weighted by Gasteiger charge is -2.39. The van der Waals surface area contributed by atoms with Gasteiger partial charge in [-0.25, -0.2) is 9.97 Å². The number of halogens is 1. The van der Waals surface area contributed by atoms with E-state index in [0.29, 0.717) is 0 Å². The first-order valence-corrected chi connectivity index (χ1v) is 6.37. The number of aromatic nitrogens is 2. The van der Waals surface area contributed by atoms with Crippen LogP contribution >= 0.6 is 15.9 Å². The molecule has 1 aliphatic rings. The minimum atomic E-state index is 0.133. The van der Waals surface area contributed by atoms with Crippen molar-refractivity contribution in [2.45, 2.75) is 19.9 Å². The Morgan fingerprint density at radius 1 is 1.41 bits per heavy atom. The summed E-state index contributed by atoms with van der Waals surface area (Å²) in [4.78, 5) is 23.9. The molecule has 1 atom stereocenters. The maximum Gasteiger partial charge on any atom is 0.225 e. The quantitative estimate of drug-likeness (QED) is 0.784. The highest BCUT2D eigenvalue weighted by Gasteiger charge is 2.26. The molecule has 2 heterocycles. The first-order chi connectivity index (χ1) is 8.08. The summed E-state index contributed by atoms with van der Waals surface area (Å²) < 4.78 is 0.872. The van der Waals surface area contributed by atoms with Crippen LogP contribution in [0, 0.1) is 0 Å². The van der Waals surface area contributed by atoms with Crippen molar-refractivity contribution in [3.8, 4) is 0 Å². The second-order valence-electron chi connectivity index (χ2n) is 4.21. The number of rotatable bonds is 1. The van der Waals surface area contributed by atoms with E-state index in [-0.39, 0.29) is 11.9 Å². The zero-order valence-electron chi connectivity index (χ0n) is 9.93. The van der Waals surface area contributed by atoms with Crippen molar-refractivity contribution >= 4 is 27.8 Å². The summed E-state index contributed by atoms with van der Waals surface area (Å²) in [7, 11) is 0. The van der Waals surface area contributed by atoms with Crippen LogP contribution in [0.2, 0.25) is 0 Å². The monoisotopic (exact) mass is 298 g/mol. The van der Waals surface area contributed by atoms with Gasteiger partial charge in [-0.1, -0.05) is 0 Å². The maximum atomic E-state index is 11.3. The predicted octanol–water partition coefficient (Wildman–Crippen LogP) is 1.30. The Hall–Kier alpha value is -1.17. The highest BCUT2D eigenvalue weighted by molar-refractivity contribution is 9.10. The predicted molar refractivity (Wildman–Crippen MR) is 68.8 cm³/mol. The first kappa shape index (κ1) is 12.3. The number of anilines is 1. The summed E-state index contributed by atoms with van der Waals surface area (Å²) in [6.45, 7) is 5.94. The van der Waals surface area contributed by atoms with E-state index >= 15 is 0 Å². The molecule has 17 heavy (non-hydrogen) atoms. The smallest absolute Gasteiger partial charge is 0.225 e. The standard InChI is InChI=1S/C11H15BrN4O/c1-8-7-15(9(2)17)3-4-16(8)11-13-5-10(12)6-14-11/h5-6,8H,3-4,7H2,1-2H3/t8-/m1/s1. The fraction of sp³-hybridized carbons (Fsp3) is 0.545. The lowest BCUT2D eigenvalue weighted by atomic mass is 10.2.